The zero-order chi connectivity index (χ0) is 13.0. The van der Waals surface area contributed by atoms with Gasteiger partial charge in [-0.15, -0.1) is 0 Å². The van der Waals surface area contributed by atoms with Crippen molar-refractivity contribution in [2.75, 3.05) is 6.26 Å². The van der Waals surface area contributed by atoms with E-state index in [4.69, 9.17) is 4.18 Å². The summed E-state index contributed by atoms with van der Waals surface area (Å²) in [7, 11) is -3.35. The van der Waals surface area contributed by atoms with Crippen LogP contribution in [0.25, 0.3) is 0 Å². The molecule has 3 rings (SSSR count). The van der Waals surface area contributed by atoms with Crippen molar-refractivity contribution in [3.8, 4) is 0 Å². The van der Waals surface area contributed by atoms with Crippen LogP contribution < -0.4 is 0 Å². The van der Waals surface area contributed by atoms with Crippen molar-refractivity contribution in [1.29, 1.82) is 0 Å². The van der Waals surface area contributed by atoms with Gasteiger partial charge in [0.1, 0.15) is 0 Å². The van der Waals surface area contributed by atoms with E-state index in [0.29, 0.717) is 11.3 Å². The van der Waals surface area contributed by atoms with E-state index in [-0.39, 0.29) is 6.10 Å². The van der Waals surface area contributed by atoms with E-state index < -0.39 is 10.1 Å². The molecule has 0 aromatic heterocycles. The largest absolute Gasteiger partial charge is 0.266 e. The zero-order valence-electron chi connectivity index (χ0n) is 11.0. The Morgan fingerprint density at radius 3 is 2.72 bits per heavy atom. The van der Waals surface area contributed by atoms with Gasteiger partial charge in [-0.1, -0.05) is 25.0 Å². The minimum absolute atomic E-state index is 0.143. The van der Waals surface area contributed by atoms with Gasteiger partial charge in [-0.05, 0) is 43.4 Å². The summed E-state index contributed by atoms with van der Waals surface area (Å²) in [6, 6.07) is 0. The lowest BCUT2D eigenvalue weighted by atomic mass is 9.43. The lowest BCUT2D eigenvalue weighted by Gasteiger charge is -2.63. The van der Waals surface area contributed by atoms with E-state index in [9.17, 15) is 8.42 Å². The average Bonchev–Trinajstić information content (AvgIpc) is 2.24. The van der Waals surface area contributed by atoms with Gasteiger partial charge >= 0.3 is 0 Å². The van der Waals surface area contributed by atoms with Gasteiger partial charge in [0.15, 0.2) is 0 Å². The standard InChI is InChI=1S/C14H22O3S/c1-10-9-14-8-4-3-5-11(14)6-7-12(13(10)14)17-18(2,15)16/h11-13H,1,3-9H2,2H3/t11-,12-,13+,14-/m0/s1. The van der Waals surface area contributed by atoms with Crippen molar-refractivity contribution in [3.05, 3.63) is 12.2 Å². The molecule has 0 unspecified atom stereocenters. The highest BCUT2D eigenvalue weighted by molar-refractivity contribution is 7.86. The summed E-state index contributed by atoms with van der Waals surface area (Å²) in [6.07, 6.45) is 9.30. The Kier molecular flexibility index (Phi) is 2.87. The summed E-state index contributed by atoms with van der Waals surface area (Å²) in [5, 5.41) is 0. The molecule has 18 heavy (non-hydrogen) atoms. The molecule has 4 heteroatoms. The first kappa shape index (κ1) is 12.7. The van der Waals surface area contributed by atoms with Gasteiger partial charge in [0.25, 0.3) is 10.1 Å². The highest BCUT2D eigenvalue weighted by atomic mass is 32.2. The third-order valence-corrected chi connectivity index (χ3v) is 5.94. The first-order valence-electron chi connectivity index (χ1n) is 6.98. The minimum atomic E-state index is -3.35. The molecule has 0 N–H and O–H groups in total. The average molecular weight is 270 g/mol. The molecule has 0 amide bonds. The molecule has 1 spiro atoms. The van der Waals surface area contributed by atoms with E-state index in [2.05, 4.69) is 6.58 Å². The summed E-state index contributed by atoms with van der Waals surface area (Å²) in [6.45, 7) is 4.14. The molecule has 102 valence electrons. The van der Waals surface area contributed by atoms with Crippen molar-refractivity contribution in [3.63, 3.8) is 0 Å². The van der Waals surface area contributed by atoms with E-state index in [1.807, 2.05) is 0 Å². The Morgan fingerprint density at radius 1 is 1.28 bits per heavy atom. The molecular formula is C14H22O3S. The highest BCUT2D eigenvalue weighted by Gasteiger charge is 2.60. The van der Waals surface area contributed by atoms with Gasteiger partial charge in [-0.3, -0.25) is 4.18 Å². The summed E-state index contributed by atoms with van der Waals surface area (Å²) in [5.41, 5.74) is 1.55. The molecule has 0 aromatic carbocycles. The van der Waals surface area contributed by atoms with Gasteiger partial charge < -0.3 is 0 Å². The topological polar surface area (TPSA) is 43.4 Å². The predicted molar refractivity (Wildman–Crippen MR) is 70.6 cm³/mol. The summed E-state index contributed by atoms with van der Waals surface area (Å²) in [5.74, 6) is 1.08. The monoisotopic (exact) mass is 270 g/mol. The van der Waals surface area contributed by atoms with Crippen LogP contribution in [0.2, 0.25) is 0 Å². The Morgan fingerprint density at radius 2 is 2.06 bits per heavy atom. The van der Waals surface area contributed by atoms with Crippen LogP contribution in [-0.2, 0) is 14.3 Å². The lowest BCUT2D eigenvalue weighted by Crippen LogP contribution is -2.57. The summed E-state index contributed by atoms with van der Waals surface area (Å²) in [4.78, 5) is 0. The van der Waals surface area contributed by atoms with Crippen molar-refractivity contribution < 1.29 is 12.6 Å². The molecular weight excluding hydrogens is 248 g/mol. The van der Waals surface area contributed by atoms with Crippen LogP contribution in [-0.4, -0.2) is 20.8 Å². The fourth-order valence-electron chi connectivity index (χ4n) is 4.82. The van der Waals surface area contributed by atoms with Crippen molar-refractivity contribution in [2.24, 2.45) is 17.3 Å². The van der Waals surface area contributed by atoms with Crippen LogP contribution in [0.5, 0.6) is 0 Å². The number of rotatable bonds is 2. The maximum atomic E-state index is 11.4. The SMILES string of the molecule is C=C1C[C@@]23CCCC[C@H]2CC[C@H](OS(C)(=O)=O)[C@@H]13. The molecule has 0 aromatic rings. The number of hydrogen-bond donors (Lipinski definition) is 0. The second-order valence-corrected chi connectivity index (χ2v) is 8.01. The Balaban J connectivity index is 1.86. The van der Waals surface area contributed by atoms with Gasteiger partial charge in [-0.2, -0.15) is 8.42 Å². The fraction of sp³-hybridized carbons (Fsp3) is 0.857. The first-order valence-corrected chi connectivity index (χ1v) is 8.80. The molecule has 0 aliphatic heterocycles. The van der Waals surface area contributed by atoms with E-state index in [1.165, 1.54) is 31.3 Å². The fourth-order valence-corrected chi connectivity index (χ4v) is 5.48. The maximum absolute atomic E-state index is 11.4. The Hall–Kier alpha value is -0.350. The Labute approximate surface area is 110 Å². The van der Waals surface area contributed by atoms with Crippen LogP contribution in [0.4, 0.5) is 0 Å². The van der Waals surface area contributed by atoms with E-state index >= 15 is 0 Å². The van der Waals surface area contributed by atoms with Crippen LogP contribution in [0.3, 0.4) is 0 Å². The Bertz CT molecular complexity index is 467. The zero-order valence-corrected chi connectivity index (χ0v) is 11.8. The van der Waals surface area contributed by atoms with Crippen LogP contribution in [0.15, 0.2) is 12.2 Å². The van der Waals surface area contributed by atoms with Crippen LogP contribution in [0.1, 0.15) is 44.9 Å². The molecule has 3 aliphatic carbocycles. The molecule has 3 fully saturated rings. The lowest BCUT2D eigenvalue weighted by molar-refractivity contribution is -0.103. The first-order chi connectivity index (χ1) is 8.42. The van der Waals surface area contributed by atoms with Gasteiger partial charge in [0.2, 0.25) is 0 Å². The van der Waals surface area contributed by atoms with Crippen LogP contribution in [0, 0.1) is 17.3 Å². The second kappa shape index (κ2) is 4.07. The maximum Gasteiger partial charge on any atom is 0.264 e. The molecule has 0 saturated heterocycles. The highest BCUT2D eigenvalue weighted by Crippen LogP contribution is 2.66. The van der Waals surface area contributed by atoms with Crippen molar-refractivity contribution in [2.45, 2.75) is 51.0 Å². The van der Waals surface area contributed by atoms with Gasteiger partial charge in [0.05, 0.1) is 12.4 Å². The minimum Gasteiger partial charge on any atom is -0.266 e. The van der Waals surface area contributed by atoms with Gasteiger partial charge in [0, 0.05) is 5.92 Å². The van der Waals surface area contributed by atoms with E-state index in [1.54, 1.807) is 0 Å². The van der Waals surface area contributed by atoms with Gasteiger partial charge in [-0.25, -0.2) is 0 Å². The number of hydrogen-bond acceptors (Lipinski definition) is 3. The molecule has 0 bridgehead atoms. The third-order valence-electron chi connectivity index (χ3n) is 5.34. The molecule has 3 saturated carbocycles. The molecule has 0 heterocycles. The summed E-state index contributed by atoms with van der Waals surface area (Å²) < 4.78 is 28.1. The van der Waals surface area contributed by atoms with Crippen molar-refractivity contribution >= 4 is 10.1 Å². The summed E-state index contributed by atoms with van der Waals surface area (Å²) >= 11 is 0. The second-order valence-electron chi connectivity index (χ2n) is 6.40. The predicted octanol–water partition coefficient (Wildman–Crippen LogP) is 2.88. The van der Waals surface area contributed by atoms with Crippen LogP contribution >= 0.6 is 0 Å². The molecule has 0 radical (unpaired) electrons. The molecule has 3 aliphatic rings. The van der Waals surface area contributed by atoms with E-state index in [0.717, 1.165) is 31.4 Å². The third kappa shape index (κ3) is 1.85. The smallest absolute Gasteiger partial charge is 0.264 e. The quantitative estimate of drug-likeness (QED) is 0.572. The van der Waals surface area contributed by atoms with Crippen molar-refractivity contribution in [1.82, 2.24) is 0 Å². The normalized spacial score (nSPS) is 43.8. The molecule has 4 atom stereocenters. The molecule has 3 nitrogen and oxygen atoms in total.